The minimum atomic E-state index is -5.03. The maximum Gasteiger partial charge on any atom is 0.416 e. The van der Waals surface area contributed by atoms with Crippen LogP contribution in [0.5, 0.6) is 0 Å². The normalized spacial score (nSPS) is 20.2. The zero-order chi connectivity index (χ0) is 27.6. The van der Waals surface area contributed by atoms with Crippen molar-refractivity contribution in [3.63, 3.8) is 0 Å². The molecule has 10 heteroatoms. The Balaban J connectivity index is 1.88. The Kier molecular flexibility index (Phi) is 8.42. The van der Waals surface area contributed by atoms with E-state index in [-0.39, 0.29) is 18.2 Å². The minimum absolute atomic E-state index is 0.109. The first-order valence-corrected chi connectivity index (χ1v) is 13.1. The van der Waals surface area contributed by atoms with Crippen LogP contribution in [-0.2, 0) is 22.7 Å². The first kappa shape index (κ1) is 28.4. The molecule has 2 aliphatic rings. The summed E-state index contributed by atoms with van der Waals surface area (Å²) in [6.45, 7) is 3.62. The van der Waals surface area contributed by atoms with Gasteiger partial charge in [-0.25, -0.2) is 0 Å². The summed E-state index contributed by atoms with van der Waals surface area (Å²) in [5.41, 5.74) is -4.77. The molecule has 1 atom stereocenters. The molecule has 1 aliphatic carbocycles. The summed E-state index contributed by atoms with van der Waals surface area (Å²) >= 11 is 0. The van der Waals surface area contributed by atoms with Crippen molar-refractivity contribution in [1.29, 1.82) is 0 Å². The number of hydrogen-bond acceptors (Lipinski definition) is 3. The van der Waals surface area contributed by atoms with Crippen molar-refractivity contribution in [1.82, 2.24) is 15.1 Å². The van der Waals surface area contributed by atoms with Gasteiger partial charge in [0.25, 0.3) is 0 Å². The molecule has 2 aromatic rings. The molecule has 0 spiro atoms. The Morgan fingerprint density at radius 2 is 1.32 bits per heavy atom. The van der Waals surface area contributed by atoms with Crippen LogP contribution >= 0.6 is 0 Å². The van der Waals surface area contributed by atoms with E-state index < -0.39 is 34.9 Å². The van der Waals surface area contributed by atoms with Crippen LogP contribution in [0.4, 0.5) is 26.3 Å². The molecule has 4 rings (SSSR count). The molecule has 0 bridgehead atoms. The van der Waals surface area contributed by atoms with Crippen LogP contribution in [0.25, 0.3) is 0 Å². The second-order valence-electron chi connectivity index (χ2n) is 10.0. The summed E-state index contributed by atoms with van der Waals surface area (Å²) in [7, 11) is 0. The third-order valence-corrected chi connectivity index (χ3v) is 7.74. The Hall–Kier alpha value is -2.59. The molecule has 1 unspecified atom stereocenters. The van der Waals surface area contributed by atoms with Crippen molar-refractivity contribution < 1.29 is 31.1 Å². The summed E-state index contributed by atoms with van der Waals surface area (Å²) in [6, 6.07) is 10.1. The number of likely N-dealkylation sites (N-methyl/N-ethyl adjacent to an activating group) is 1. The van der Waals surface area contributed by atoms with Crippen LogP contribution in [0.3, 0.4) is 0 Å². The summed E-state index contributed by atoms with van der Waals surface area (Å²) < 4.78 is 83.3. The predicted octanol–water partition coefficient (Wildman–Crippen LogP) is 6.05. The Labute approximate surface area is 219 Å². The smallest absolute Gasteiger partial charge is 0.354 e. The van der Waals surface area contributed by atoms with E-state index in [1.54, 1.807) is 42.2 Å². The molecule has 2 aromatic carbocycles. The van der Waals surface area contributed by atoms with Crippen molar-refractivity contribution in [3.8, 4) is 0 Å². The molecule has 0 aromatic heterocycles. The number of carbonyl (C=O) groups excluding carboxylic acids is 1. The van der Waals surface area contributed by atoms with Crippen LogP contribution in [0.15, 0.2) is 48.5 Å². The lowest BCUT2D eigenvalue weighted by Gasteiger charge is -2.49. The molecule has 38 heavy (non-hydrogen) atoms. The van der Waals surface area contributed by atoms with E-state index in [1.165, 1.54) is 6.42 Å². The van der Waals surface area contributed by atoms with Crippen molar-refractivity contribution in [2.45, 2.75) is 63.0 Å². The van der Waals surface area contributed by atoms with Crippen LogP contribution in [0.2, 0.25) is 0 Å². The second-order valence-corrected chi connectivity index (χ2v) is 10.0. The molecule has 1 heterocycles. The SMILES string of the molecule is CCNC(=O)C(c1ccccc1)(c1cc(C(F)(F)F)cc(C(F)(F)F)c1)N1CCN(C2CCCCC2)CC1. The van der Waals surface area contributed by atoms with Crippen LogP contribution in [0, 0.1) is 0 Å². The molecule has 208 valence electrons. The van der Waals surface area contributed by atoms with Gasteiger partial charge in [-0.3, -0.25) is 14.6 Å². The molecule has 1 amide bonds. The molecule has 2 fully saturated rings. The number of nitrogens with zero attached hydrogens (tertiary/aromatic N) is 2. The highest BCUT2D eigenvalue weighted by Crippen LogP contribution is 2.43. The number of benzene rings is 2. The molecule has 1 saturated heterocycles. The van der Waals surface area contributed by atoms with E-state index in [4.69, 9.17) is 0 Å². The van der Waals surface area contributed by atoms with E-state index in [1.807, 2.05) is 0 Å². The molecular weight excluding hydrogens is 508 g/mol. The molecule has 1 aliphatic heterocycles. The number of piperazine rings is 1. The van der Waals surface area contributed by atoms with Crippen molar-refractivity contribution in [2.24, 2.45) is 0 Å². The van der Waals surface area contributed by atoms with Crippen molar-refractivity contribution in [2.75, 3.05) is 32.7 Å². The van der Waals surface area contributed by atoms with E-state index in [9.17, 15) is 31.1 Å². The summed E-state index contributed by atoms with van der Waals surface area (Å²) in [5.74, 6) is -0.648. The van der Waals surface area contributed by atoms with Gasteiger partial charge in [0.05, 0.1) is 11.1 Å². The van der Waals surface area contributed by atoms with Gasteiger partial charge in [0.1, 0.15) is 0 Å². The van der Waals surface area contributed by atoms with Crippen LogP contribution in [0.1, 0.15) is 61.3 Å². The van der Waals surface area contributed by atoms with Gasteiger partial charge in [0.2, 0.25) is 5.91 Å². The highest BCUT2D eigenvalue weighted by atomic mass is 19.4. The number of rotatable bonds is 6. The summed E-state index contributed by atoms with van der Waals surface area (Å²) in [6.07, 6.45) is -4.43. The van der Waals surface area contributed by atoms with Crippen LogP contribution in [-0.4, -0.2) is 54.5 Å². The highest BCUT2D eigenvalue weighted by molar-refractivity contribution is 5.92. The number of hydrogen-bond donors (Lipinski definition) is 1. The minimum Gasteiger partial charge on any atom is -0.354 e. The first-order valence-electron chi connectivity index (χ1n) is 13.1. The first-order chi connectivity index (χ1) is 18.0. The fourth-order valence-corrected chi connectivity index (χ4v) is 5.94. The Morgan fingerprint density at radius 1 is 0.789 bits per heavy atom. The maximum atomic E-state index is 13.9. The number of carbonyl (C=O) groups is 1. The zero-order valence-corrected chi connectivity index (χ0v) is 21.3. The second kappa shape index (κ2) is 11.3. The van der Waals surface area contributed by atoms with E-state index >= 15 is 0 Å². The van der Waals surface area contributed by atoms with Gasteiger partial charge in [-0.05, 0) is 49.1 Å². The number of halogens is 6. The molecule has 1 N–H and O–H groups in total. The van der Waals surface area contributed by atoms with Gasteiger partial charge < -0.3 is 5.32 Å². The topological polar surface area (TPSA) is 35.6 Å². The number of alkyl halides is 6. The van der Waals surface area contributed by atoms with Gasteiger partial charge in [0.15, 0.2) is 5.54 Å². The fraction of sp³-hybridized carbons (Fsp3) is 0.536. The van der Waals surface area contributed by atoms with Crippen LogP contribution < -0.4 is 5.32 Å². The molecular formula is C28H33F6N3O. The fourth-order valence-electron chi connectivity index (χ4n) is 5.94. The quantitative estimate of drug-likeness (QED) is 0.452. The summed E-state index contributed by atoms with van der Waals surface area (Å²) in [5, 5.41) is 2.72. The lowest BCUT2D eigenvalue weighted by atomic mass is 9.78. The molecule has 1 saturated carbocycles. The third-order valence-electron chi connectivity index (χ3n) is 7.74. The number of amides is 1. The van der Waals surface area contributed by atoms with E-state index in [0.29, 0.717) is 49.9 Å². The third kappa shape index (κ3) is 5.71. The van der Waals surface area contributed by atoms with Gasteiger partial charge in [-0.1, -0.05) is 49.6 Å². The summed E-state index contributed by atoms with van der Waals surface area (Å²) in [4.78, 5) is 18.0. The molecule has 4 nitrogen and oxygen atoms in total. The number of nitrogens with one attached hydrogen (secondary N) is 1. The van der Waals surface area contributed by atoms with Gasteiger partial charge in [-0.2, -0.15) is 26.3 Å². The standard InChI is InChI=1S/C28H33F6N3O/c1-2-35-25(38)26(20-9-5-3-6-10-20,37-15-13-36(14-16-37)24-11-7-4-8-12-24)21-17-22(27(29,30)31)19-23(18-21)28(32,33)34/h3,5-6,9-10,17-19,24H,2,4,7-8,11-16H2,1H3,(H,35,38). The van der Waals surface area contributed by atoms with E-state index in [0.717, 1.165) is 25.7 Å². The Bertz CT molecular complexity index is 1060. The monoisotopic (exact) mass is 541 g/mol. The maximum absolute atomic E-state index is 13.9. The highest BCUT2D eigenvalue weighted by Gasteiger charge is 2.50. The largest absolute Gasteiger partial charge is 0.416 e. The predicted molar refractivity (Wildman–Crippen MR) is 132 cm³/mol. The zero-order valence-electron chi connectivity index (χ0n) is 21.3. The van der Waals surface area contributed by atoms with Gasteiger partial charge in [-0.15, -0.1) is 0 Å². The lowest BCUT2D eigenvalue weighted by molar-refractivity contribution is -0.144. The molecule has 0 radical (unpaired) electrons. The van der Waals surface area contributed by atoms with Crippen molar-refractivity contribution >= 4 is 5.91 Å². The Morgan fingerprint density at radius 3 is 1.82 bits per heavy atom. The van der Waals surface area contributed by atoms with Crippen molar-refractivity contribution in [3.05, 3.63) is 70.8 Å². The average Bonchev–Trinajstić information content (AvgIpc) is 2.90. The van der Waals surface area contributed by atoms with E-state index in [2.05, 4.69) is 10.2 Å². The van der Waals surface area contributed by atoms with Gasteiger partial charge in [0, 0.05) is 38.8 Å². The average molecular weight is 542 g/mol. The lowest BCUT2D eigenvalue weighted by Crippen LogP contribution is -2.63. The van der Waals surface area contributed by atoms with Gasteiger partial charge >= 0.3 is 12.4 Å².